The normalized spacial score (nSPS) is 15.4. The van der Waals surface area contributed by atoms with Crippen molar-refractivity contribution in [1.29, 1.82) is 0 Å². The Kier molecular flexibility index (Phi) is 2.94. The van der Waals surface area contributed by atoms with Gasteiger partial charge in [-0.2, -0.15) is 0 Å². The number of hydrogen-bond acceptors (Lipinski definition) is 4. The summed E-state index contributed by atoms with van der Waals surface area (Å²) in [6.45, 7) is 1.02. The Balaban J connectivity index is 2.08. The Morgan fingerprint density at radius 1 is 1.29 bits per heavy atom. The van der Waals surface area contributed by atoms with Gasteiger partial charge in [0.1, 0.15) is 0 Å². The van der Waals surface area contributed by atoms with Crippen molar-refractivity contribution in [2.45, 2.75) is 19.3 Å². The second-order valence-electron chi connectivity index (χ2n) is 4.13. The van der Waals surface area contributed by atoms with Crippen molar-refractivity contribution in [3.63, 3.8) is 0 Å². The summed E-state index contributed by atoms with van der Waals surface area (Å²) >= 11 is 6.65. The number of H-pyrrole nitrogens is 1. The van der Waals surface area contributed by atoms with Crippen LogP contribution in [0, 0.1) is 3.95 Å². The molecule has 1 aromatic carbocycles. The minimum Gasteiger partial charge on any atom is -0.316 e. The molecule has 0 saturated heterocycles. The lowest BCUT2D eigenvalue weighted by Crippen LogP contribution is -2.17. The maximum absolute atomic E-state index is 5.11. The highest BCUT2D eigenvalue weighted by atomic mass is 32.1. The third-order valence-electron chi connectivity index (χ3n) is 3.02. The summed E-state index contributed by atoms with van der Waals surface area (Å²) in [6.07, 6.45) is 3.59. The van der Waals surface area contributed by atoms with Gasteiger partial charge in [-0.15, -0.1) is 5.10 Å². The smallest absolute Gasteiger partial charge is 0.211 e. The zero-order valence-corrected chi connectivity index (χ0v) is 11.0. The number of nitrogens with zero attached hydrogens (tertiary/aromatic N) is 2. The highest BCUT2D eigenvalue weighted by Gasteiger charge is 2.18. The van der Waals surface area contributed by atoms with E-state index in [2.05, 4.69) is 39.4 Å². The summed E-state index contributed by atoms with van der Waals surface area (Å²) in [6, 6.07) is 8.57. The maximum Gasteiger partial charge on any atom is 0.211 e. The Morgan fingerprint density at radius 2 is 2.18 bits per heavy atom. The second-order valence-corrected chi connectivity index (χ2v) is 5.78. The van der Waals surface area contributed by atoms with E-state index in [0.29, 0.717) is 0 Å². The molecule has 3 rings (SSSR count). The molecule has 0 radical (unpaired) electrons. The highest BCUT2D eigenvalue weighted by Crippen LogP contribution is 2.33. The van der Waals surface area contributed by atoms with Gasteiger partial charge in [0.25, 0.3) is 0 Å². The first kappa shape index (κ1) is 10.9. The number of aryl methyl sites for hydroxylation is 1. The molecule has 0 aliphatic carbocycles. The number of anilines is 2. The lowest BCUT2D eigenvalue weighted by atomic mass is 10.1. The Bertz CT molecular complexity index is 573. The van der Waals surface area contributed by atoms with E-state index in [-0.39, 0.29) is 0 Å². The van der Waals surface area contributed by atoms with Gasteiger partial charge < -0.3 is 4.90 Å². The highest BCUT2D eigenvalue weighted by molar-refractivity contribution is 7.73. The van der Waals surface area contributed by atoms with E-state index >= 15 is 0 Å². The SMILES string of the molecule is S=c1[nH]nc(N2CCCCc3ccccc32)s1. The predicted molar refractivity (Wildman–Crippen MR) is 73.7 cm³/mol. The number of benzene rings is 1. The largest absolute Gasteiger partial charge is 0.316 e. The van der Waals surface area contributed by atoms with Crippen molar-refractivity contribution in [3.05, 3.63) is 33.8 Å². The van der Waals surface area contributed by atoms with Crippen LogP contribution < -0.4 is 4.90 Å². The monoisotopic (exact) mass is 263 g/mol. The Labute approximate surface area is 109 Å². The number of rotatable bonds is 1. The Morgan fingerprint density at radius 3 is 3.00 bits per heavy atom. The van der Waals surface area contributed by atoms with Crippen LogP contribution in [0.5, 0.6) is 0 Å². The molecule has 1 aliphatic heterocycles. The molecule has 0 fully saturated rings. The fourth-order valence-corrected chi connectivity index (χ4v) is 3.15. The van der Waals surface area contributed by atoms with Crippen LogP contribution in [-0.2, 0) is 6.42 Å². The average molecular weight is 263 g/mol. The van der Waals surface area contributed by atoms with Crippen LogP contribution in [-0.4, -0.2) is 16.7 Å². The first-order valence-electron chi connectivity index (χ1n) is 5.75. The average Bonchev–Trinajstić information content (AvgIpc) is 2.66. The van der Waals surface area contributed by atoms with Gasteiger partial charge in [0.2, 0.25) is 5.13 Å². The minimum absolute atomic E-state index is 0.738. The zero-order valence-electron chi connectivity index (χ0n) is 9.35. The predicted octanol–water partition coefficient (Wildman–Crippen LogP) is 3.68. The van der Waals surface area contributed by atoms with Crippen LogP contribution in [0.4, 0.5) is 10.8 Å². The van der Waals surface area contributed by atoms with Crippen LogP contribution in [0.3, 0.4) is 0 Å². The summed E-state index contributed by atoms with van der Waals surface area (Å²) in [4.78, 5) is 2.28. The van der Waals surface area contributed by atoms with Gasteiger partial charge in [-0.05, 0) is 43.1 Å². The molecule has 0 spiro atoms. The van der Waals surface area contributed by atoms with Crippen molar-refractivity contribution in [2.75, 3.05) is 11.4 Å². The van der Waals surface area contributed by atoms with Crippen LogP contribution in [0.2, 0.25) is 0 Å². The molecule has 5 heteroatoms. The van der Waals surface area contributed by atoms with E-state index in [4.69, 9.17) is 12.2 Å². The number of aromatic nitrogens is 2. The molecule has 0 atom stereocenters. The van der Waals surface area contributed by atoms with E-state index in [1.165, 1.54) is 24.1 Å². The molecule has 17 heavy (non-hydrogen) atoms. The van der Waals surface area contributed by atoms with Crippen LogP contribution in [0.15, 0.2) is 24.3 Å². The molecule has 3 nitrogen and oxygen atoms in total. The molecule has 0 bridgehead atoms. The topological polar surface area (TPSA) is 31.9 Å². The summed E-state index contributed by atoms with van der Waals surface area (Å²) in [5.74, 6) is 0. The van der Waals surface area contributed by atoms with Gasteiger partial charge in [0.15, 0.2) is 3.95 Å². The van der Waals surface area contributed by atoms with Crippen molar-refractivity contribution < 1.29 is 0 Å². The van der Waals surface area contributed by atoms with Crippen LogP contribution in [0.25, 0.3) is 0 Å². The van der Waals surface area contributed by atoms with E-state index < -0.39 is 0 Å². The van der Waals surface area contributed by atoms with Crippen molar-refractivity contribution in [2.24, 2.45) is 0 Å². The summed E-state index contributed by atoms with van der Waals surface area (Å²) in [7, 11) is 0. The molecule has 1 aliphatic rings. The standard InChI is InChI=1S/C12H13N3S2/c16-12-14-13-11(17-12)15-8-4-3-6-9-5-1-2-7-10(9)15/h1-2,5,7H,3-4,6,8H2,(H,14,16). The molecular weight excluding hydrogens is 250 g/mol. The first-order chi connectivity index (χ1) is 8.34. The fourth-order valence-electron chi connectivity index (χ4n) is 2.23. The molecular formula is C12H13N3S2. The molecule has 1 aromatic heterocycles. The molecule has 88 valence electrons. The summed E-state index contributed by atoms with van der Waals surface area (Å²) < 4.78 is 0.738. The van der Waals surface area contributed by atoms with Gasteiger partial charge in [0.05, 0.1) is 0 Å². The molecule has 0 amide bonds. The molecule has 2 aromatic rings. The van der Waals surface area contributed by atoms with Crippen molar-refractivity contribution in [3.8, 4) is 0 Å². The van der Waals surface area contributed by atoms with Gasteiger partial charge >= 0.3 is 0 Å². The van der Waals surface area contributed by atoms with Crippen LogP contribution in [0.1, 0.15) is 18.4 Å². The summed E-state index contributed by atoms with van der Waals surface area (Å²) in [5.41, 5.74) is 2.69. The third-order valence-corrected chi connectivity index (χ3v) is 4.13. The summed E-state index contributed by atoms with van der Waals surface area (Å²) in [5, 5.41) is 8.13. The first-order valence-corrected chi connectivity index (χ1v) is 6.98. The van der Waals surface area contributed by atoms with Gasteiger partial charge in [-0.1, -0.05) is 29.5 Å². The van der Waals surface area contributed by atoms with E-state index in [1.54, 1.807) is 11.3 Å². The molecule has 0 unspecified atom stereocenters. The number of nitrogens with one attached hydrogen (secondary N) is 1. The lowest BCUT2D eigenvalue weighted by molar-refractivity contribution is 0.758. The second kappa shape index (κ2) is 4.58. The Hall–Kier alpha value is -1.20. The van der Waals surface area contributed by atoms with Gasteiger partial charge in [-0.3, -0.25) is 5.10 Å². The maximum atomic E-state index is 5.11. The fraction of sp³-hybridized carbons (Fsp3) is 0.333. The van der Waals surface area contributed by atoms with Crippen LogP contribution >= 0.6 is 23.6 Å². The molecule has 0 saturated carbocycles. The molecule has 1 N–H and O–H groups in total. The number of aromatic amines is 1. The minimum atomic E-state index is 0.738. The van der Waals surface area contributed by atoms with Gasteiger partial charge in [0, 0.05) is 12.2 Å². The van der Waals surface area contributed by atoms with E-state index in [0.717, 1.165) is 22.1 Å². The van der Waals surface area contributed by atoms with Crippen molar-refractivity contribution >= 4 is 34.4 Å². The van der Waals surface area contributed by atoms with Gasteiger partial charge in [-0.25, -0.2) is 0 Å². The van der Waals surface area contributed by atoms with E-state index in [9.17, 15) is 0 Å². The molecule has 2 heterocycles. The number of hydrogen-bond donors (Lipinski definition) is 1. The quantitative estimate of drug-likeness (QED) is 0.797. The van der Waals surface area contributed by atoms with Crippen molar-refractivity contribution in [1.82, 2.24) is 10.2 Å². The zero-order chi connectivity index (χ0) is 11.7. The van der Waals surface area contributed by atoms with E-state index in [1.807, 2.05) is 0 Å². The number of para-hydroxylation sites is 1. The lowest BCUT2D eigenvalue weighted by Gasteiger charge is -2.21. The third kappa shape index (κ3) is 2.12. The number of fused-ring (bicyclic) bond motifs is 1.